The normalized spacial score (nSPS) is 15.5. The van der Waals surface area contributed by atoms with E-state index < -0.39 is 6.04 Å². The maximum atomic E-state index is 13.1. The van der Waals surface area contributed by atoms with E-state index in [2.05, 4.69) is 5.32 Å². The number of benzene rings is 3. The van der Waals surface area contributed by atoms with Crippen LogP contribution in [0.4, 0.5) is 0 Å². The van der Waals surface area contributed by atoms with Gasteiger partial charge in [-0.3, -0.25) is 9.59 Å². The number of para-hydroxylation sites is 1. The third-order valence-electron chi connectivity index (χ3n) is 5.06. The standard InChI is InChI=1S/C26H26N2O3/c1-26(2,3)27-24(29)23-21-11-7-8-12-22(21)25(30)28(23)17-18-13-15-20(16-14-18)31-19-9-5-4-6-10-19/h4-16,23H,17H2,1-3H3,(H,27,29). The van der Waals surface area contributed by atoms with Crippen molar-refractivity contribution in [3.05, 3.63) is 95.6 Å². The third kappa shape index (κ3) is 4.61. The molecule has 0 fully saturated rings. The molecule has 2 amide bonds. The quantitative estimate of drug-likeness (QED) is 0.633. The molecule has 0 aliphatic carbocycles. The molecule has 0 bridgehead atoms. The molecule has 0 aromatic heterocycles. The average molecular weight is 415 g/mol. The van der Waals surface area contributed by atoms with Crippen LogP contribution in [0, 0.1) is 0 Å². The molecule has 158 valence electrons. The summed E-state index contributed by atoms with van der Waals surface area (Å²) in [5.41, 5.74) is 1.87. The van der Waals surface area contributed by atoms with Gasteiger partial charge in [0.2, 0.25) is 5.91 Å². The van der Waals surface area contributed by atoms with Crippen molar-refractivity contribution in [2.24, 2.45) is 0 Å². The lowest BCUT2D eigenvalue weighted by atomic mass is 10.0. The fourth-order valence-corrected chi connectivity index (χ4v) is 3.74. The van der Waals surface area contributed by atoms with E-state index in [9.17, 15) is 9.59 Å². The van der Waals surface area contributed by atoms with Crippen LogP contribution in [0.1, 0.15) is 48.3 Å². The molecule has 0 radical (unpaired) electrons. The van der Waals surface area contributed by atoms with Crippen LogP contribution in [-0.4, -0.2) is 22.3 Å². The van der Waals surface area contributed by atoms with Crippen LogP contribution in [0.15, 0.2) is 78.9 Å². The second kappa shape index (κ2) is 8.26. The Balaban J connectivity index is 1.56. The number of amides is 2. The summed E-state index contributed by atoms with van der Waals surface area (Å²) in [5.74, 6) is 1.18. The Labute approximate surface area is 182 Å². The van der Waals surface area contributed by atoms with E-state index in [0.29, 0.717) is 17.9 Å². The lowest BCUT2D eigenvalue weighted by molar-refractivity contribution is -0.127. The van der Waals surface area contributed by atoms with Gasteiger partial charge >= 0.3 is 0 Å². The van der Waals surface area contributed by atoms with Crippen molar-refractivity contribution in [1.82, 2.24) is 10.2 Å². The van der Waals surface area contributed by atoms with Crippen molar-refractivity contribution < 1.29 is 14.3 Å². The van der Waals surface area contributed by atoms with Gasteiger partial charge in [0, 0.05) is 17.6 Å². The molecule has 1 heterocycles. The minimum absolute atomic E-state index is 0.130. The van der Waals surface area contributed by atoms with Gasteiger partial charge in [-0.05, 0) is 62.2 Å². The zero-order valence-corrected chi connectivity index (χ0v) is 18.0. The number of carbonyl (C=O) groups excluding carboxylic acids is 2. The predicted octanol–water partition coefficient (Wildman–Crippen LogP) is 5.09. The number of carbonyl (C=O) groups is 2. The summed E-state index contributed by atoms with van der Waals surface area (Å²) in [4.78, 5) is 27.9. The van der Waals surface area contributed by atoms with Gasteiger partial charge in [-0.15, -0.1) is 0 Å². The van der Waals surface area contributed by atoms with Gasteiger partial charge < -0.3 is 15.0 Å². The molecule has 5 heteroatoms. The average Bonchev–Trinajstić information content (AvgIpc) is 3.01. The summed E-state index contributed by atoms with van der Waals surface area (Å²) in [5, 5.41) is 3.02. The number of rotatable bonds is 5. The van der Waals surface area contributed by atoms with E-state index in [1.807, 2.05) is 93.6 Å². The molecule has 1 unspecified atom stereocenters. The number of hydrogen-bond donors (Lipinski definition) is 1. The molecule has 0 saturated carbocycles. The number of fused-ring (bicyclic) bond motifs is 1. The van der Waals surface area contributed by atoms with Crippen molar-refractivity contribution in [2.75, 3.05) is 0 Å². The molecule has 4 rings (SSSR count). The maximum Gasteiger partial charge on any atom is 0.255 e. The highest BCUT2D eigenvalue weighted by molar-refractivity contribution is 6.04. The monoisotopic (exact) mass is 414 g/mol. The van der Waals surface area contributed by atoms with Crippen molar-refractivity contribution in [2.45, 2.75) is 38.9 Å². The molecule has 0 saturated heterocycles. The molecule has 5 nitrogen and oxygen atoms in total. The van der Waals surface area contributed by atoms with E-state index >= 15 is 0 Å². The van der Waals surface area contributed by atoms with Crippen LogP contribution in [-0.2, 0) is 11.3 Å². The summed E-state index contributed by atoms with van der Waals surface area (Å²) in [6, 6.07) is 23.8. The molecule has 0 spiro atoms. The fraction of sp³-hybridized carbons (Fsp3) is 0.231. The van der Waals surface area contributed by atoms with E-state index in [-0.39, 0.29) is 17.4 Å². The van der Waals surface area contributed by atoms with Gasteiger partial charge in [0.1, 0.15) is 17.5 Å². The number of hydrogen-bond acceptors (Lipinski definition) is 3. The maximum absolute atomic E-state index is 13.1. The van der Waals surface area contributed by atoms with E-state index in [0.717, 1.165) is 16.9 Å². The highest BCUT2D eigenvalue weighted by Crippen LogP contribution is 2.35. The summed E-state index contributed by atoms with van der Waals surface area (Å²) < 4.78 is 5.84. The molecular weight excluding hydrogens is 388 g/mol. The van der Waals surface area contributed by atoms with Gasteiger partial charge in [0.15, 0.2) is 0 Å². The summed E-state index contributed by atoms with van der Waals surface area (Å²) in [6.45, 7) is 6.14. The molecule has 3 aromatic rings. The smallest absolute Gasteiger partial charge is 0.255 e. The van der Waals surface area contributed by atoms with Crippen LogP contribution in [0.25, 0.3) is 0 Å². The molecular formula is C26H26N2O3. The Morgan fingerprint density at radius 1 is 0.903 bits per heavy atom. The molecule has 1 aliphatic rings. The molecule has 3 aromatic carbocycles. The first-order valence-electron chi connectivity index (χ1n) is 10.4. The lowest BCUT2D eigenvalue weighted by Crippen LogP contribution is -2.46. The summed E-state index contributed by atoms with van der Waals surface area (Å²) in [7, 11) is 0. The van der Waals surface area contributed by atoms with Crippen LogP contribution in [0.2, 0.25) is 0 Å². The first-order valence-corrected chi connectivity index (χ1v) is 10.4. The Bertz CT molecular complexity index is 1090. The lowest BCUT2D eigenvalue weighted by Gasteiger charge is -2.29. The molecule has 1 N–H and O–H groups in total. The molecule has 31 heavy (non-hydrogen) atoms. The zero-order valence-electron chi connectivity index (χ0n) is 18.0. The fourth-order valence-electron chi connectivity index (χ4n) is 3.74. The SMILES string of the molecule is CC(C)(C)NC(=O)C1c2ccccc2C(=O)N1Cc1ccc(Oc2ccccc2)cc1. The number of nitrogens with zero attached hydrogens (tertiary/aromatic N) is 1. The van der Waals surface area contributed by atoms with Crippen LogP contribution >= 0.6 is 0 Å². The minimum Gasteiger partial charge on any atom is -0.457 e. The highest BCUT2D eigenvalue weighted by atomic mass is 16.5. The van der Waals surface area contributed by atoms with Crippen LogP contribution in [0.5, 0.6) is 11.5 Å². The van der Waals surface area contributed by atoms with Crippen LogP contribution in [0.3, 0.4) is 0 Å². The second-order valence-electron chi connectivity index (χ2n) is 8.72. The first-order chi connectivity index (χ1) is 14.8. The van der Waals surface area contributed by atoms with Gasteiger partial charge in [-0.2, -0.15) is 0 Å². The van der Waals surface area contributed by atoms with Crippen molar-refractivity contribution >= 4 is 11.8 Å². The van der Waals surface area contributed by atoms with Gasteiger partial charge in [-0.1, -0.05) is 48.5 Å². The Hall–Kier alpha value is -3.60. The number of ether oxygens (including phenoxy) is 1. The van der Waals surface area contributed by atoms with Gasteiger partial charge in [-0.25, -0.2) is 0 Å². The molecule has 1 aliphatic heterocycles. The van der Waals surface area contributed by atoms with Crippen LogP contribution < -0.4 is 10.1 Å². The summed E-state index contributed by atoms with van der Waals surface area (Å²) in [6.07, 6.45) is 0. The zero-order chi connectivity index (χ0) is 22.0. The Morgan fingerprint density at radius 2 is 1.52 bits per heavy atom. The Morgan fingerprint density at radius 3 is 2.19 bits per heavy atom. The van der Waals surface area contributed by atoms with E-state index in [1.165, 1.54) is 0 Å². The second-order valence-corrected chi connectivity index (χ2v) is 8.72. The topological polar surface area (TPSA) is 58.6 Å². The third-order valence-corrected chi connectivity index (χ3v) is 5.06. The van der Waals surface area contributed by atoms with E-state index in [1.54, 1.807) is 11.0 Å². The largest absolute Gasteiger partial charge is 0.457 e. The molecule has 1 atom stereocenters. The first kappa shape index (κ1) is 20.7. The van der Waals surface area contributed by atoms with Crippen molar-refractivity contribution in [3.63, 3.8) is 0 Å². The van der Waals surface area contributed by atoms with Gasteiger partial charge in [0.25, 0.3) is 5.91 Å². The Kier molecular flexibility index (Phi) is 5.51. The minimum atomic E-state index is -0.650. The van der Waals surface area contributed by atoms with Crippen molar-refractivity contribution in [1.29, 1.82) is 0 Å². The van der Waals surface area contributed by atoms with Crippen molar-refractivity contribution in [3.8, 4) is 11.5 Å². The number of nitrogens with one attached hydrogen (secondary N) is 1. The summed E-state index contributed by atoms with van der Waals surface area (Å²) >= 11 is 0. The highest BCUT2D eigenvalue weighted by Gasteiger charge is 2.41. The van der Waals surface area contributed by atoms with E-state index in [4.69, 9.17) is 4.74 Å². The predicted molar refractivity (Wildman–Crippen MR) is 120 cm³/mol. The van der Waals surface area contributed by atoms with Gasteiger partial charge in [0.05, 0.1) is 0 Å².